The smallest absolute Gasteiger partial charge is 0.368 e. The summed E-state index contributed by atoms with van der Waals surface area (Å²) in [7, 11) is 0. The van der Waals surface area contributed by atoms with Crippen LogP contribution in [0.25, 0.3) is 27.7 Å². The standard InChI is InChI=1S/C24H15ClF3N7O/c25-18-10-14(4-5-15(18)19-7-9-31-23(29)34-19)33-22(36)17-12-32-35(21(17)24(26,27)28)20-3-1-2-13-6-8-30-11-16(13)20/h1-12H,(H,33,36)(H2,29,31,34). The zero-order valence-corrected chi connectivity index (χ0v) is 18.9. The van der Waals surface area contributed by atoms with Crippen molar-refractivity contribution in [3.63, 3.8) is 0 Å². The Labute approximate surface area is 206 Å². The van der Waals surface area contributed by atoms with E-state index >= 15 is 0 Å². The molecule has 0 fully saturated rings. The molecule has 180 valence electrons. The van der Waals surface area contributed by atoms with Gasteiger partial charge in [-0.05, 0) is 41.8 Å². The molecule has 1 amide bonds. The molecule has 0 unspecified atom stereocenters. The third-order valence-corrected chi connectivity index (χ3v) is 5.66. The number of nitrogen functional groups attached to an aromatic ring is 1. The molecule has 3 N–H and O–H groups in total. The van der Waals surface area contributed by atoms with Crippen LogP contribution in [-0.2, 0) is 6.18 Å². The highest BCUT2D eigenvalue weighted by Crippen LogP contribution is 2.36. The van der Waals surface area contributed by atoms with Crippen molar-refractivity contribution in [1.82, 2.24) is 24.7 Å². The van der Waals surface area contributed by atoms with Crippen molar-refractivity contribution in [2.75, 3.05) is 11.1 Å². The third-order valence-electron chi connectivity index (χ3n) is 5.35. The predicted octanol–water partition coefficient (Wildman–Crippen LogP) is 5.38. The lowest BCUT2D eigenvalue weighted by Crippen LogP contribution is -2.20. The minimum atomic E-state index is -4.87. The first-order chi connectivity index (χ1) is 17.2. The van der Waals surface area contributed by atoms with Gasteiger partial charge in [0.15, 0.2) is 5.69 Å². The Balaban J connectivity index is 1.51. The lowest BCUT2D eigenvalue weighted by molar-refractivity contribution is -0.143. The second-order valence-electron chi connectivity index (χ2n) is 7.64. The van der Waals surface area contributed by atoms with Crippen molar-refractivity contribution < 1.29 is 18.0 Å². The number of amides is 1. The van der Waals surface area contributed by atoms with Gasteiger partial charge in [-0.15, -0.1) is 0 Å². The number of carbonyl (C=O) groups is 1. The number of anilines is 2. The highest BCUT2D eigenvalue weighted by Gasteiger charge is 2.41. The lowest BCUT2D eigenvalue weighted by Gasteiger charge is -2.14. The molecular weight excluding hydrogens is 495 g/mol. The number of fused-ring (bicyclic) bond motifs is 1. The largest absolute Gasteiger partial charge is 0.434 e. The molecule has 12 heteroatoms. The summed E-state index contributed by atoms with van der Waals surface area (Å²) in [6, 6.07) is 12.6. The first-order valence-electron chi connectivity index (χ1n) is 10.4. The van der Waals surface area contributed by atoms with Crippen molar-refractivity contribution in [1.29, 1.82) is 0 Å². The summed E-state index contributed by atoms with van der Waals surface area (Å²) in [6.07, 6.45) is 0.455. The van der Waals surface area contributed by atoms with Gasteiger partial charge in [-0.3, -0.25) is 9.78 Å². The van der Waals surface area contributed by atoms with E-state index in [2.05, 4.69) is 25.4 Å². The van der Waals surface area contributed by atoms with E-state index in [1.807, 2.05) is 0 Å². The van der Waals surface area contributed by atoms with Gasteiger partial charge >= 0.3 is 6.18 Å². The van der Waals surface area contributed by atoms with Gasteiger partial charge in [-0.1, -0.05) is 23.7 Å². The van der Waals surface area contributed by atoms with Crippen LogP contribution in [0.15, 0.2) is 73.3 Å². The highest BCUT2D eigenvalue weighted by atomic mass is 35.5. The number of rotatable bonds is 4. The Morgan fingerprint density at radius 1 is 1.06 bits per heavy atom. The number of aromatic nitrogens is 5. The molecule has 8 nitrogen and oxygen atoms in total. The average Bonchev–Trinajstić information content (AvgIpc) is 3.30. The van der Waals surface area contributed by atoms with E-state index in [1.54, 1.807) is 30.3 Å². The van der Waals surface area contributed by atoms with Gasteiger partial charge < -0.3 is 11.1 Å². The Hall–Kier alpha value is -4.51. The number of hydrogen-bond donors (Lipinski definition) is 2. The van der Waals surface area contributed by atoms with Crippen LogP contribution in [0, 0.1) is 0 Å². The molecule has 0 bridgehead atoms. The molecule has 3 heterocycles. The Kier molecular flexibility index (Phi) is 5.77. The highest BCUT2D eigenvalue weighted by molar-refractivity contribution is 6.33. The van der Waals surface area contributed by atoms with E-state index in [0.29, 0.717) is 26.7 Å². The number of halogens is 4. The molecule has 0 aliphatic heterocycles. The fourth-order valence-corrected chi connectivity index (χ4v) is 4.05. The molecule has 0 aliphatic carbocycles. The van der Waals surface area contributed by atoms with E-state index in [4.69, 9.17) is 17.3 Å². The van der Waals surface area contributed by atoms with E-state index in [0.717, 1.165) is 6.20 Å². The van der Waals surface area contributed by atoms with Crippen LogP contribution in [0.2, 0.25) is 5.02 Å². The minimum Gasteiger partial charge on any atom is -0.368 e. The fraction of sp³-hybridized carbons (Fsp3) is 0.0417. The SMILES string of the molecule is Nc1nccc(-c2ccc(NC(=O)c3cnn(-c4cccc5ccncc45)c3C(F)(F)F)cc2Cl)n1. The number of pyridine rings is 1. The second kappa shape index (κ2) is 8.93. The molecule has 5 rings (SSSR count). The van der Waals surface area contributed by atoms with Crippen molar-refractivity contribution >= 4 is 39.9 Å². The van der Waals surface area contributed by atoms with Crippen LogP contribution in [0.3, 0.4) is 0 Å². The van der Waals surface area contributed by atoms with Crippen LogP contribution in [0.4, 0.5) is 24.8 Å². The maximum atomic E-state index is 14.2. The number of carbonyl (C=O) groups excluding carboxylic acids is 1. The molecule has 0 saturated carbocycles. The molecule has 0 spiro atoms. The molecule has 0 radical (unpaired) electrons. The maximum Gasteiger partial charge on any atom is 0.434 e. The Morgan fingerprint density at radius 2 is 1.89 bits per heavy atom. The summed E-state index contributed by atoms with van der Waals surface area (Å²) in [6.45, 7) is 0. The third kappa shape index (κ3) is 4.31. The lowest BCUT2D eigenvalue weighted by atomic mass is 10.1. The zero-order chi connectivity index (χ0) is 25.4. The molecular formula is C24H15ClF3N7O. The summed E-state index contributed by atoms with van der Waals surface area (Å²) in [5.74, 6) is -0.943. The van der Waals surface area contributed by atoms with E-state index < -0.39 is 23.3 Å². The number of benzene rings is 2. The maximum absolute atomic E-state index is 14.2. The number of nitrogens with zero attached hydrogens (tertiary/aromatic N) is 5. The van der Waals surface area contributed by atoms with Gasteiger partial charge in [0.2, 0.25) is 5.95 Å². The summed E-state index contributed by atoms with van der Waals surface area (Å²) in [5, 5.41) is 7.70. The van der Waals surface area contributed by atoms with Crippen LogP contribution in [0.1, 0.15) is 16.1 Å². The van der Waals surface area contributed by atoms with Gasteiger partial charge in [0.1, 0.15) is 0 Å². The molecule has 0 aliphatic rings. The Bertz CT molecular complexity index is 1610. The molecule has 3 aromatic heterocycles. The molecule has 5 aromatic rings. The van der Waals surface area contributed by atoms with Crippen molar-refractivity contribution in [3.8, 4) is 16.9 Å². The van der Waals surface area contributed by atoms with Crippen LogP contribution in [-0.4, -0.2) is 30.6 Å². The van der Waals surface area contributed by atoms with Crippen molar-refractivity contribution in [3.05, 3.63) is 89.6 Å². The summed E-state index contributed by atoms with van der Waals surface area (Å²) in [5.41, 5.74) is 5.04. The van der Waals surface area contributed by atoms with E-state index in [1.165, 1.54) is 36.8 Å². The average molecular weight is 510 g/mol. The summed E-state index contributed by atoms with van der Waals surface area (Å²) >= 11 is 6.33. The van der Waals surface area contributed by atoms with Gasteiger partial charge in [0, 0.05) is 35.2 Å². The molecule has 0 saturated heterocycles. The van der Waals surface area contributed by atoms with Crippen LogP contribution >= 0.6 is 11.6 Å². The fourth-order valence-electron chi connectivity index (χ4n) is 3.77. The topological polar surface area (TPSA) is 112 Å². The first kappa shape index (κ1) is 23.2. The van der Waals surface area contributed by atoms with Crippen LogP contribution < -0.4 is 11.1 Å². The second-order valence-corrected chi connectivity index (χ2v) is 8.05. The van der Waals surface area contributed by atoms with E-state index in [-0.39, 0.29) is 22.3 Å². The van der Waals surface area contributed by atoms with Gasteiger partial charge in [0.25, 0.3) is 5.91 Å². The number of nitrogens with two attached hydrogens (primary N) is 1. The zero-order valence-electron chi connectivity index (χ0n) is 18.2. The monoisotopic (exact) mass is 509 g/mol. The predicted molar refractivity (Wildman–Crippen MR) is 129 cm³/mol. The summed E-state index contributed by atoms with van der Waals surface area (Å²) in [4.78, 5) is 24.9. The number of nitrogens with one attached hydrogen (secondary N) is 1. The van der Waals surface area contributed by atoms with Crippen molar-refractivity contribution in [2.24, 2.45) is 0 Å². The number of hydrogen-bond acceptors (Lipinski definition) is 6. The van der Waals surface area contributed by atoms with Gasteiger partial charge in [0.05, 0.1) is 28.2 Å². The minimum absolute atomic E-state index is 0.0552. The molecule has 2 aromatic carbocycles. The molecule has 0 atom stereocenters. The first-order valence-corrected chi connectivity index (χ1v) is 10.8. The molecule has 36 heavy (non-hydrogen) atoms. The quantitative estimate of drug-likeness (QED) is 0.336. The van der Waals surface area contributed by atoms with Gasteiger partial charge in [-0.2, -0.15) is 18.3 Å². The van der Waals surface area contributed by atoms with Crippen molar-refractivity contribution in [2.45, 2.75) is 6.18 Å². The Morgan fingerprint density at radius 3 is 2.64 bits per heavy atom. The van der Waals surface area contributed by atoms with Crippen LogP contribution in [0.5, 0.6) is 0 Å². The van der Waals surface area contributed by atoms with E-state index in [9.17, 15) is 18.0 Å². The van der Waals surface area contributed by atoms with Gasteiger partial charge in [-0.25, -0.2) is 14.6 Å². The summed E-state index contributed by atoms with van der Waals surface area (Å²) < 4.78 is 43.2. The number of alkyl halides is 3. The normalized spacial score (nSPS) is 11.6.